The number of carbonyl (C=O) groups excluding carboxylic acids is 1. The average molecular weight is 399 g/mol. The molecule has 2 aliphatic rings. The number of methoxy groups -OCH3 is 1. The van der Waals surface area contributed by atoms with Gasteiger partial charge in [-0.2, -0.15) is 0 Å². The van der Waals surface area contributed by atoms with Crippen LogP contribution in [0.4, 0.5) is 0 Å². The fourth-order valence-electron chi connectivity index (χ4n) is 5.04. The number of esters is 1. The molecule has 0 aromatic heterocycles. The van der Waals surface area contributed by atoms with Crippen LogP contribution in [0.3, 0.4) is 0 Å². The van der Waals surface area contributed by atoms with Gasteiger partial charge in [0.15, 0.2) is 0 Å². The maximum absolute atomic E-state index is 11.0. The molecule has 0 atom stereocenters. The van der Waals surface area contributed by atoms with Crippen LogP contribution in [0.2, 0.25) is 0 Å². The minimum absolute atomic E-state index is 0.0590. The Kier molecular flexibility index (Phi) is 7.81. The first-order valence-corrected chi connectivity index (χ1v) is 10.6. The Bertz CT molecular complexity index is 504. The molecule has 166 valence electrons. The summed E-state index contributed by atoms with van der Waals surface area (Å²) in [6, 6.07) is 0. The molecule has 2 fully saturated rings. The third-order valence-electron chi connectivity index (χ3n) is 7.21. The summed E-state index contributed by atoms with van der Waals surface area (Å²) in [5.74, 6) is -0.170. The van der Waals surface area contributed by atoms with Crippen molar-refractivity contribution >= 4 is 5.97 Å². The van der Waals surface area contributed by atoms with E-state index >= 15 is 0 Å². The molecular weight excluding hydrogens is 352 g/mol. The standard InChI is InChI=1S/C12H23NO2.C11H23NO/c1-9(14)15-10-7-11(2,3)13(6)12(4,5)8-10;1-10(2)7-9(13-6)8-11(3,4)12(10)5/h10H,7-8H2,1-6H3;9H,7-8H2,1-6H3. The number of hydrogen-bond acceptors (Lipinski definition) is 5. The lowest BCUT2D eigenvalue weighted by atomic mass is 9.79. The summed E-state index contributed by atoms with van der Waals surface area (Å²) in [5, 5.41) is 0. The van der Waals surface area contributed by atoms with Crippen LogP contribution in [0.5, 0.6) is 0 Å². The molecule has 28 heavy (non-hydrogen) atoms. The topological polar surface area (TPSA) is 42.0 Å². The van der Waals surface area contributed by atoms with Gasteiger partial charge in [0.05, 0.1) is 6.10 Å². The number of carbonyl (C=O) groups is 1. The zero-order valence-electron chi connectivity index (χ0n) is 20.6. The van der Waals surface area contributed by atoms with E-state index in [0.717, 1.165) is 25.7 Å². The van der Waals surface area contributed by atoms with E-state index in [1.165, 1.54) is 6.92 Å². The first-order chi connectivity index (χ1) is 12.4. The predicted molar refractivity (Wildman–Crippen MR) is 117 cm³/mol. The lowest BCUT2D eigenvalue weighted by Gasteiger charge is -2.53. The maximum atomic E-state index is 11.0. The largest absolute Gasteiger partial charge is 0.462 e. The molecule has 0 aromatic carbocycles. The quantitative estimate of drug-likeness (QED) is 0.641. The Morgan fingerprint density at radius 3 is 1.25 bits per heavy atom. The van der Waals surface area contributed by atoms with Crippen molar-refractivity contribution in [3.8, 4) is 0 Å². The summed E-state index contributed by atoms with van der Waals surface area (Å²) >= 11 is 0. The molecule has 0 bridgehead atoms. The molecule has 5 nitrogen and oxygen atoms in total. The second-order valence-electron chi connectivity index (χ2n) is 11.3. The third kappa shape index (κ3) is 6.17. The Morgan fingerprint density at radius 2 is 1.00 bits per heavy atom. The molecule has 5 heteroatoms. The second-order valence-corrected chi connectivity index (χ2v) is 11.3. The van der Waals surface area contributed by atoms with Crippen LogP contribution >= 0.6 is 0 Å². The highest BCUT2D eigenvalue weighted by molar-refractivity contribution is 5.66. The van der Waals surface area contributed by atoms with Gasteiger partial charge in [-0.25, -0.2) is 0 Å². The molecular formula is C23H46N2O3. The summed E-state index contributed by atoms with van der Waals surface area (Å²) in [4.78, 5) is 15.8. The smallest absolute Gasteiger partial charge is 0.302 e. The first kappa shape index (κ1) is 25.4. The van der Waals surface area contributed by atoms with E-state index in [9.17, 15) is 4.79 Å². The summed E-state index contributed by atoms with van der Waals surface area (Å²) < 4.78 is 10.8. The van der Waals surface area contributed by atoms with Crippen LogP contribution in [0.25, 0.3) is 0 Å². The van der Waals surface area contributed by atoms with Crippen LogP contribution in [0.15, 0.2) is 0 Å². The summed E-state index contributed by atoms with van der Waals surface area (Å²) in [7, 11) is 6.18. The molecule has 2 saturated heterocycles. The van der Waals surface area contributed by atoms with Gasteiger partial charge in [0.25, 0.3) is 0 Å². The van der Waals surface area contributed by atoms with Crippen molar-refractivity contribution in [2.45, 2.75) is 122 Å². The number of ether oxygens (including phenoxy) is 2. The molecule has 2 aliphatic heterocycles. The Balaban J connectivity index is 0.000000283. The molecule has 0 aromatic rings. The van der Waals surface area contributed by atoms with Crippen molar-refractivity contribution in [2.24, 2.45) is 0 Å². The summed E-state index contributed by atoms with van der Waals surface area (Å²) in [6.07, 6.45) is 4.55. The number of hydrogen-bond donors (Lipinski definition) is 0. The Labute approximate surface area is 174 Å². The third-order valence-corrected chi connectivity index (χ3v) is 7.21. The van der Waals surface area contributed by atoms with Crippen LogP contribution < -0.4 is 0 Å². The lowest BCUT2D eigenvalue weighted by molar-refractivity contribution is -0.156. The lowest BCUT2D eigenvalue weighted by Crippen LogP contribution is -2.60. The van der Waals surface area contributed by atoms with Crippen LogP contribution in [0, 0.1) is 0 Å². The molecule has 0 saturated carbocycles. The monoisotopic (exact) mass is 398 g/mol. The van der Waals surface area contributed by atoms with Crippen molar-refractivity contribution in [1.82, 2.24) is 9.80 Å². The van der Waals surface area contributed by atoms with Gasteiger partial charge in [0, 0.05) is 49.0 Å². The fourth-order valence-corrected chi connectivity index (χ4v) is 5.04. The van der Waals surface area contributed by atoms with Crippen molar-refractivity contribution in [3.05, 3.63) is 0 Å². The van der Waals surface area contributed by atoms with Gasteiger partial charge >= 0.3 is 5.97 Å². The van der Waals surface area contributed by atoms with Crippen molar-refractivity contribution in [1.29, 1.82) is 0 Å². The number of nitrogens with zero attached hydrogens (tertiary/aromatic N) is 2. The van der Waals surface area contributed by atoms with E-state index in [0.29, 0.717) is 6.10 Å². The predicted octanol–water partition coefficient (Wildman–Crippen LogP) is 4.49. The number of piperidine rings is 2. The Hall–Kier alpha value is -0.650. The second kappa shape index (κ2) is 8.61. The molecule has 0 aliphatic carbocycles. The van der Waals surface area contributed by atoms with Crippen LogP contribution in [0.1, 0.15) is 88.0 Å². The van der Waals surface area contributed by atoms with Gasteiger partial charge in [0.1, 0.15) is 6.10 Å². The van der Waals surface area contributed by atoms with E-state index in [1.54, 1.807) is 0 Å². The highest BCUT2D eigenvalue weighted by Crippen LogP contribution is 2.38. The zero-order chi connectivity index (χ0) is 22.1. The van der Waals surface area contributed by atoms with E-state index in [2.05, 4.69) is 79.3 Å². The summed E-state index contributed by atoms with van der Waals surface area (Å²) in [5.41, 5.74) is 0.675. The minimum Gasteiger partial charge on any atom is -0.462 e. The fraction of sp³-hybridized carbons (Fsp3) is 0.957. The van der Waals surface area contributed by atoms with Crippen LogP contribution in [-0.4, -0.2) is 71.3 Å². The van der Waals surface area contributed by atoms with E-state index < -0.39 is 0 Å². The van der Waals surface area contributed by atoms with E-state index in [1.807, 2.05) is 7.11 Å². The summed E-state index contributed by atoms with van der Waals surface area (Å²) in [6.45, 7) is 19.4. The zero-order valence-corrected chi connectivity index (χ0v) is 20.6. The van der Waals surface area contributed by atoms with E-state index in [-0.39, 0.29) is 34.2 Å². The average Bonchev–Trinajstić information content (AvgIpc) is 2.49. The maximum Gasteiger partial charge on any atom is 0.302 e. The van der Waals surface area contributed by atoms with Crippen molar-refractivity contribution in [2.75, 3.05) is 21.2 Å². The molecule has 0 unspecified atom stereocenters. The molecule has 0 N–H and O–H groups in total. The molecule has 0 amide bonds. The van der Waals surface area contributed by atoms with Gasteiger partial charge in [-0.3, -0.25) is 14.6 Å². The highest BCUT2D eigenvalue weighted by atomic mass is 16.5. The van der Waals surface area contributed by atoms with Gasteiger partial charge in [0.2, 0.25) is 0 Å². The van der Waals surface area contributed by atoms with Crippen molar-refractivity contribution < 1.29 is 14.3 Å². The highest BCUT2D eigenvalue weighted by Gasteiger charge is 2.44. The molecule has 0 radical (unpaired) electrons. The minimum atomic E-state index is -0.170. The Morgan fingerprint density at radius 1 is 0.714 bits per heavy atom. The van der Waals surface area contributed by atoms with Gasteiger partial charge < -0.3 is 9.47 Å². The van der Waals surface area contributed by atoms with Crippen LogP contribution in [-0.2, 0) is 14.3 Å². The number of likely N-dealkylation sites (tertiary alicyclic amines) is 2. The number of rotatable bonds is 2. The van der Waals surface area contributed by atoms with Gasteiger partial charge in [-0.15, -0.1) is 0 Å². The molecule has 2 heterocycles. The molecule has 0 spiro atoms. The van der Waals surface area contributed by atoms with E-state index in [4.69, 9.17) is 9.47 Å². The first-order valence-electron chi connectivity index (χ1n) is 10.6. The SMILES string of the molecule is CC(=O)OC1CC(C)(C)N(C)C(C)(C)C1.COC1CC(C)(C)N(C)C(C)(C)C1. The van der Waals surface area contributed by atoms with Gasteiger partial charge in [-0.05, 0) is 82.3 Å². The normalized spacial score (nSPS) is 27.6. The van der Waals surface area contributed by atoms with Gasteiger partial charge in [-0.1, -0.05) is 0 Å². The van der Waals surface area contributed by atoms with Crippen molar-refractivity contribution in [3.63, 3.8) is 0 Å². The molecule has 2 rings (SSSR count).